The van der Waals surface area contributed by atoms with E-state index in [9.17, 15) is 23.8 Å². The van der Waals surface area contributed by atoms with E-state index in [1.54, 1.807) is 13.2 Å². The van der Waals surface area contributed by atoms with Crippen LogP contribution in [0.15, 0.2) is 71.4 Å². The predicted molar refractivity (Wildman–Crippen MR) is 177 cm³/mol. The fraction of sp³-hybridized carbons (Fsp3) is 0.405. The van der Waals surface area contributed by atoms with Crippen molar-refractivity contribution >= 4 is 28.6 Å². The van der Waals surface area contributed by atoms with Crippen molar-refractivity contribution in [2.24, 2.45) is 5.41 Å². The summed E-state index contributed by atoms with van der Waals surface area (Å²) in [5, 5.41) is 24.0. The summed E-state index contributed by atoms with van der Waals surface area (Å²) >= 11 is 1.48. The number of hydrogen-bond acceptors (Lipinski definition) is 6. The molecule has 0 aliphatic heterocycles. The molecule has 4 aromatic rings. The fourth-order valence-corrected chi connectivity index (χ4v) is 8.51. The first kappa shape index (κ1) is 32.4. The highest BCUT2D eigenvalue weighted by Gasteiger charge is 2.56. The molecule has 3 aliphatic carbocycles. The van der Waals surface area contributed by atoms with Crippen molar-refractivity contribution in [3.8, 4) is 5.75 Å². The molecule has 1 heterocycles. The van der Waals surface area contributed by atoms with Gasteiger partial charge in [0.05, 0.1) is 29.8 Å². The van der Waals surface area contributed by atoms with Gasteiger partial charge in [0.1, 0.15) is 5.75 Å². The smallest absolute Gasteiger partial charge is 0.193 e. The molecule has 6 nitrogen and oxygen atoms in total. The van der Waals surface area contributed by atoms with Gasteiger partial charge in [0.2, 0.25) is 0 Å². The van der Waals surface area contributed by atoms with E-state index in [2.05, 4.69) is 24.9 Å². The van der Waals surface area contributed by atoms with Crippen LogP contribution in [-0.4, -0.2) is 50.5 Å². The molecule has 4 unspecified atom stereocenters. The van der Waals surface area contributed by atoms with Crippen LogP contribution in [0.25, 0.3) is 11.0 Å². The normalized spacial score (nSPS) is 25.2. The summed E-state index contributed by atoms with van der Waals surface area (Å²) in [4.78, 5) is 22.1. The number of nitrogens with zero attached hydrogens (tertiary/aromatic N) is 1. The summed E-state index contributed by atoms with van der Waals surface area (Å²) in [5.41, 5.74) is 3.20. The van der Waals surface area contributed by atoms with E-state index in [1.165, 1.54) is 23.4 Å². The lowest BCUT2D eigenvalue weighted by molar-refractivity contribution is -0.0422. The molecular weight excluding hydrogens is 606 g/mol. The first-order valence-electron chi connectivity index (χ1n) is 15.8. The van der Waals surface area contributed by atoms with Gasteiger partial charge in [-0.25, -0.2) is 13.8 Å². The minimum Gasteiger partial charge on any atom is -0.497 e. The van der Waals surface area contributed by atoms with Crippen molar-refractivity contribution < 1.29 is 28.5 Å². The fourth-order valence-electron chi connectivity index (χ4n) is 7.32. The van der Waals surface area contributed by atoms with Gasteiger partial charge in [-0.3, -0.25) is 4.79 Å². The van der Waals surface area contributed by atoms with Gasteiger partial charge >= 0.3 is 0 Å². The quantitative estimate of drug-likeness (QED) is 0.112. The van der Waals surface area contributed by atoms with Crippen molar-refractivity contribution in [3.05, 3.63) is 100 Å². The zero-order valence-electron chi connectivity index (χ0n) is 26.4. The summed E-state index contributed by atoms with van der Waals surface area (Å²) in [6.07, 6.45) is 5.90. The summed E-state index contributed by atoms with van der Waals surface area (Å²) in [6.45, 7) is 4.20. The Hall–Kier alpha value is -3.53. The highest BCUT2D eigenvalue weighted by atomic mass is 32.2. The number of rotatable bonds is 6. The first-order valence-corrected chi connectivity index (χ1v) is 16.8. The summed E-state index contributed by atoms with van der Waals surface area (Å²) in [6, 6.07) is 14.6. The predicted octanol–water partition coefficient (Wildman–Crippen LogP) is 7.91. The first-order chi connectivity index (χ1) is 22.0. The minimum absolute atomic E-state index is 0.0598. The number of fused-ring (bicyclic) bond motifs is 9. The number of allylic oxidation sites excluding steroid dienone is 2. The Morgan fingerprint density at radius 1 is 1.09 bits per heavy atom. The molecule has 1 saturated carbocycles. The van der Waals surface area contributed by atoms with Crippen molar-refractivity contribution in [2.75, 3.05) is 12.9 Å². The Morgan fingerprint density at radius 2 is 1.91 bits per heavy atom. The third-order valence-electron chi connectivity index (χ3n) is 10.2. The number of aromatic amines is 1. The van der Waals surface area contributed by atoms with Gasteiger partial charge in [-0.2, -0.15) is 0 Å². The molecule has 0 amide bonds. The molecule has 3 aromatic carbocycles. The molecule has 242 valence electrons. The lowest BCUT2D eigenvalue weighted by atomic mass is 9.65. The number of aliphatic hydroxyl groups excluding tert-OH is 1. The van der Waals surface area contributed by atoms with Gasteiger partial charge in [0.25, 0.3) is 0 Å². The van der Waals surface area contributed by atoms with E-state index in [1.807, 2.05) is 30.3 Å². The number of H-pyrrole nitrogens is 1. The molecule has 46 heavy (non-hydrogen) atoms. The largest absolute Gasteiger partial charge is 0.497 e. The number of ether oxygens (including phenoxy) is 1. The molecule has 4 atom stereocenters. The van der Waals surface area contributed by atoms with E-state index >= 15 is 0 Å². The summed E-state index contributed by atoms with van der Waals surface area (Å²) in [5.74, 6) is -1.55. The maximum Gasteiger partial charge on any atom is 0.193 e. The number of benzene rings is 3. The highest BCUT2D eigenvalue weighted by molar-refractivity contribution is 7.99. The van der Waals surface area contributed by atoms with Crippen LogP contribution in [0.2, 0.25) is 0 Å². The van der Waals surface area contributed by atoms with Gasteiger partial charge in [0, 0.05) is 28.4 Å². The van der Waals surface area contributed by atoms with Gasteiger partial charge in [-0.05, 0) is 105 Å². The lowest BCUT2D eigenvalue weighted by Crippen LogP contribution is -2.46. The molecule has 1 aromatic heterocycles. The maximum atomic E-state index is 14.3. The molecule has 3 aliphatic rings. The zero-order valence-corrected chi connectivity index (χ0v) is 27.2. The van der Waals surface area contributed by atoms with Crippen LogP contribution in [0.5, 0.6) is 5.75 Å². The van der Waals surface area contributed by atoms with Crippen molar-refractivity contribution in [2.45, 2.75) is 81.6 Å². The number of nitrogens with one attached hydrogen (secondary N) is 1. The standard InChI is InChI=1S/C37H40F2N2O4S/c1-22-5-4-15-36(2)29(14-16-37(36,44)21-46-35-40-32-13-10-26(45-3)20-33(32)41-35)27-11-7-23(17-25(42)9-6-22)18-28(27)34(43)24-8-12-30(38)31(39)19-24/h5,7-8,10-13,18-20,25,29,42,44H,4,6,9,14-17,21H2,1-3H3,(H,40,41). The Bertz CT molecular complexity index is 1810. The van der Waals surface area contributed by atoms with Crippen LogP contribution in [-0.2, 0) is 6.42 Å². The molecule has 3 N–H and O–H groups in total. The monoisotopic (exact) mass is 646 g/mol. The topological polar surface area (TPSA) is 95.4 Å². The third-order valence-corrected chi connectivity index (χ3v) is 11.3. The molecule has 9 heteroatoms. The Kier molecular flexibility index (Phi) is 9.11. The number of imidazole rings is 1. The molecule has 1 fully saturated rings. The molecule has 0 spiro atoms. The van der Waals surface area contributed by atoms with E-state index in [-0.39, 0.29) is 11.5 Å². The second kappa shape index (κ2) is 12.9. The van der Waals surface area contributed by atoms with E-state index in [0.29, 0.717) is 48.6 Å². The zero-order chi connectivity index (χ0) is 32.6. The maximum absolute atomic E-state index is 14.3. The molecule has 0 saturated heterocycles. The number of methoxy groups -OCH3 is 1. The summed E-state index contributed by atoms with van der Waals surface area (Å²) in [7, 11) is 1.62. The van der Waals surface area contributed by atoms with E-state index in [0.717, 1.165) is 52.9 Å². The highest BCUT2D eigenvalue weighted by Crippen LogP contribution is 2.59. The van der Waals surface area contributed by atoms with Crippen LogP contribution in [0.4, 0.5) is 8.78 Å². The number of carbonyl (C=O) groups is 1. The number of aliphatic hydroxyl groups is 2. The molecule has 0 radical (unpaired) electrons. The Labute approximate surface area is 272 Å². The van der Waals surface area contributed by atoms with E-state index in [4.69, 9.17) is 9.72 Å². The van der Waals surface area contributed by atoms with Crippen molar-refractivity contribution in [1.29, 1.82) is 0 Å². The third kappa shape index (κ3) is 6.25. The SMILES string of the molecule is COc1ccc2nc(SCC3(O)CCC4c5ccc(cc5C(=O)c5ccc(F)c(F)c5)CC(O)CCC(C)=CCCC43C)[nH]c2c1. The van der Waals surface area contributed by atoms with Crippen LogP contribution < -0.4 is 4.74 Å². The minimum atomic E-state index is -1.09. The molecule has 2 bridgehead atoms. The molecule has 7 rings (SSSR count). The van der Waals surface area contributed by atoms with Gasteiger partial charge in [0.15, 0.2) is 22.6 Å². The average molecular weight is 647 g/mol. The van der Waals surface area contributed by atoms with E-state index < -0.39 is 34.5 Å². The van der Waals surface area contributed by atoms with Crippen LogP contribution in [0, 0.1) is 17.0 Å². The van der Waals surface area contributed by atoms with Gasteiger partial charge in [-0.1, -0.05) is 42.5 Å². The second-order valence-corrected chi connectivity index (χ2v) is 14.1. The number of ketones is 1. The van der Waals surface area contributed by atoms with Crippen molar-refractivity contribution in [3.63, 3.8) is 0 Å². The number of hydrogen-bond donors (Lipinski definition) is 3. The number of aromatic nitrogens is 2. The van der Waals surface area contributed by atoms with Gasteiger partial charge < -0.3 is 19.9 Å². The number of carbonyl (C=O) groups excluding carboxylic acids is 1. The van der Waals surface area contributed by atoms with Crippen LogP contribution >= 0.6 is 11.8 Å². The molecular formula is C37H40F2N2O4S. The van der Waals surface area contributed by atoms with Crippen LogP contribution in [0.3, 0.4) is 0 Å². The lowest BCUT2D eigenvalue weighted by Gasteiger charge is -2.44. The summed E-state index contributed by atoms with van der Waals surface area (Å²) < 4.78 is 33.4. The Morgan fingerprint density at radius 3 is 2.70 bits per heavy atom. The number of halogens is 2. The number of thioether (sulfide) groups is 1. The van der Waals surface area contributed by atoms with Crippen LogP contribution in [0.1, 0.15) is 85.3 Å². The second-order valence-electron chi connectivity index (χ2n) is 13.1. The van der Waals surface area contributed by atoms with Gasteiger partial charge in [-0.15, -0.1) is 0 Å². The Balaban J connectivity index is 1.39. The van der Waals surface area contributed by atoms with Crippen molar-refractivity contribution in [1.82, 2.24) is 9.97 Å². The average Bonchev–Trinajstić information content (AvgIpc) is 3.57.